The Morgan fingerprint density at radius 3 is 2.53 bits per heavy atom. The summed E-state index contributed by atoms with van der Waals surface area (Å²) in [5, 5.41) is 8.92. The van der Waals surface area contributed by atoms with E-state index >= 15 is 0 Å². The number of thioether (sulfide) groups is 1. The summed E-state index contributed by atoms with van der Waals surface area (Å²) in [6.45, 7) is 2.68. The van der Waals surface area contributed by atoms with Gasteiger partial charge in [-0.1, -0.05) is 17.7 Å². The van der Waals surface area contributed by atoms with Crippen LogP contribution in [0.3, 0.4) is 0 Å². The number of rotatable bonds is 5. The van der Waals surface area contributed by atoms with Crippen LogP contribution in [0.4, 0.5) is 5.69 Å². The third kappa shape index (κ3) is 4.16. The van der Waals surface area contributed by atoms with E-state index in [9.17, 15) is 4.79 Å². The molecular formula is C15H21NO2S. The number of aliphatic carboxylic acids is 1. The lowest BCUT2D eigenvalue weighted by molar-refractivity contribution is -0.136. The minimum atomic E-state index is -0.720. The predicted octanol–water partition coefficient (Wildman–Crippen LogP) is 3.17. The van der Waals surface area contributed by atoms with E-state index in [-0.39, 0.29) is 6.42 Å². The van der Waals surface area contributed by atoms with Crippen LogP contribution in [0.25, 0.3) is 0 Å². The highest BCUT2D eigenvalue weighted by atomic mass is 32.2. The lowest BCUT2D eigenvalue weighted by atomic mass is 10.1. The first-order valence-electron chi connectivity index (χ1n) is 6.79. The second-order valence-corrected chi connectivity index (χ2v) is 6.24. The normalized spacial score (nSPS) is 16.3. The maximum atomic E-state index is 10.8. The molecule has 0 atom stereocenters. The summed E-state index contributed by atoms with van der Waals surface area (Å²) in [7, 11) is 0. The fourth-order valence-electron chi connectivity index (χ4n) is 2.47. The van der Waals surface area contributed by atoms with Crippen LogP contribution in [0.2, 0.25) is 0 Å². The molecule has 19 heavy (non-hydrogen) atoms. The molecule has 0 aliphatic carbocycles. The number of nitrogens with zero attached hydrogens (tertiary/aromatic N) is 1. The van der Waals surface area contributed by atoms with Crippen molar-refractivity contribution in [2.24, 2.45) is 0 Å². The summed E-state index contributed by atoms with van der Waals surface area (Å²) in [6.07, 6.45) is 2.51. The first-order valence-corrected chi connectivity index (χ1v) is 7.95. The van der Waals surface area contributed by atoms with Crippen LogP contribution in [0.1, 0.15) is 24.8 Å². The Kier molecular flexibility index (Phi) is 5.14. The molecule has 0 amide bonds. The number of aryl methyl sites for hydroxylation is 1. The topological polar surface area (TPSA) is 40.5 Å². The number of hydrogen-bond donors (Lipinski definition) is 1. The maximum absolute atomic E-state index is 10.8. The molecule has 1 N–H and O–H groups in total. The smallest absolute Gasteiger partial charge is 0.305 e. The Hall–Kier alpha value is -1.16. The van der Waals surface area contributed by atoms with Crippen molar-refractivity contribution in [3.05, 3.63) is 29.8 Å². The number of carboxylic acid groups (broad SMARTS) is 1. The fraction of sp³-hybridized carbons (Fsp3) is 0.533. The van der Waals surface area contributed by atoms with Gasteiger partial charge >= 0.3 is 5.97 Å². The van der Waals surface area contributed by atoms with E-state index in [1.165, 1.54) is 17.1 Å². The highest BCUT2D eigenvalue weighted by Gasteiger charge is 2.22. The van der Waals surface area contributed by atoms with Crippen molar-refractivity contribution >= 4 is 23.4 Å². The van der Waals surface area contributed by atoms with Crippen LogP contribution >= 0.6 is 11.8 Å². The largest absolute Gasteiger partial charge is 0.481 e. The molecule has 0 radical (unpaired) electrons. The average Bonchev–Trinajstić information content (AvgIpc) is 2.42. The van der Waals surface area contributed by atoms with Crippen LogP contribution in [0, 0.1) is 6.92 Å². The zero-order valence-electron chi connectivity index (χ0n) is 11.3. The Bertz CT molecular complexity index is 413. The number of hydrogen-bond acceptors (Lipinski definition) is 3. The van der Waals surface area contributed by atoms with Crippen LogP contribution in [0.5, 0.6) is 0 Å². The quantitative estimate of drug-likeness (QED) is 0.898. The third-order valence-electron chi connectivity index (χ3n) is 3.56. The first-order chi connectivity index (χ1) is 9.16. The molecule has 0 aromatic heterocycles. The molecule has 104 valence electrons. The van der Waals surface area contributed by atoms with Gasteiger partial charge < -0.3 is 10.0 Å². The van der Waals surface area contributed by atoms with Crippen molar-refractivity contribution in [3.63, 3.8) is 0 Å². The number of carbonyl (C=O) groups is 1. The third-order valence-corrected chi connectivity index (χ3v) is 4.61. The van der Waals surface area contributed by atoms with E-state index in [0.29, 0.717) is 12.6 Å². The standard InChI is InChI=1S/C15H21NO2S/c1-12-2-4-13(5-3-12)16(9-6-15(17)18)14-7-10-19-11-8-14/h2-5,14H,6-11H2,1H3,(H,17,18). The lowest BCUT2D eigenvalue weighted by Crippen LogP contribution is -2.39. The molecule has 0 bridgehead atoms. The van der Waals surface area contributed by atoms with Gasteiger partial charge in [0.05, 0.1) is 6.42 Å². The minimum absolute atomic E-state index is 0.206. The molecule has 2 rings (SSSR count). The van der Waals surface area contributed by atoms with Crippen molar-refractivity contribution in [3.8, 4) is 0 Å². The van der Waals surface area contributed by atoms with Gasteiger partial charge in [0.1, 0.15) is 0 Å². The van der Waals surface area contributed by atoms with E-state index in [0.717, 1.165) is 18.5 Å². The van der Waals surface area contributed by atoms with Gasteiger partial charge in [-0.05, 0) is 43.4 Å². The highest BCUT2D eigenvalue weighted by molar-refractivity contribution is 7.99. The molecular weight excluding hydrogens is 258 g/mol. The molecule has 0 spiro atoms. The van der Waals surface area contributed by atoms with Crippen molar-refractivity contribution < 1.29 is 9.90 Å². The molecule has 1 aliphatic rings. The summed E-state index contributed by atoms with van der Waals surface area (Å²) < 4.78 is 0. The van der Waals surface area contributed by atoms with Crippen LogP contribution in [-0.4, -0.2) is 35.2 Å². The molecule has 1 fully saturated rings. The molecule has 0 unspecified atom stereocenters. The SMILES string of the molecule is Cc1ccc(N(CCC(=O)O)C2CCSCC2)cc1. The van der Waals surface area contributed by atoms with Gasteiger partial charge in [0.25, 0.3) is 0 Å². The van der Waals surface area contributed by atoms with E-state index < -0.39 is 5.97 Å². The molecule has 1 saturated heterocycles. The molecule has 0 saturated carbocycles. The monoisotopic (exact) mass is 279 g/mol. The van der Waals surface area contributed by atoms with Crippen molar-refractivity contribution in [1.82, 2.24) is 0 Å². The number of benzene rings is 1. The Labute approximate surface area is 119 Å². The first kappa shape index (κ1) is 14.3. The zero-order chi connectivity index (χ0) is 13.7. The fourth-order valence-corrected chi connectivity index (χ4v) is 3.55. The van der Waals surface area contributed by atoms with Crippen LogP contribution < -0.4 is 4.90 Å². The van der Waals surface area contributed by atoms with E-state index in [1.807, 2.05) is 11.8 Å². The van der Waals surface area contributed by atoms with Gasteiger partial charge in [0.15, 0.2) is 0 Å². The Morgan fingerprint density at radius 1 is 1.32 bits per heavy atom. The molecule has 1 aromatic rings. The highest BCUT2D eigenvalue weighted by Crippen LogP contribution is 2.27. The molecule has 1 aliphatic heterocycles. The van der Waals surface area contributed by atoms with E-state index in [2.05, 4.69) is 36.1 Å². The molecule has 3 nitrogen and oxygen atoms in total. The van der Waals surface area contributed by atoms with E-state index in [1.54, 1.807) is 0 Å². The summed E-state index contributed by atoms with van der Waals surface area (Å²) in [4.78, 5) is 13.1. The van der Waals surface area contributed by atoms with Crippen molar-refractivity contribution in [1.29, 1.82) is 0 Å². The average molecular weight is 279 g/mol. The number of anilines is 1. The van der Waals surface area contributed by atoms with Gasteiger partial charge in [-0.25, -0.2) is 0 Å². The Balaban J connectivity index is 2.12. The van der Waals surface area contributed by atoms with Gasteiger partial charge in [0.2, 0.25) is 0 Å². The van der Waals surface area contributed by atoms with Crippen molar-refractivity contribution in [2.45, 2.75) is 32.2 Å². The summed E-state index contributed by atoms with van der Waals surface area (Å²) in [6, 6.07) is 8.91. The molecule has 1 heterocycles. The summed E-state index contributed by atoms with van der Waals surface area (Å²) in [5.41, 5.74) is 2.39. The predicted molar refractivity (Wildman–Crippen MR) is 81.1 cm³/mol. The molecule has 4 heteroatoms. The van der Waals surface area contributed by atoms with Gasteiger partial charge in [-0.2, -0.15) is 11.8 Å². The Morgan fingerprint density at radius 2 is 1.95 bits per heavy atom. The summed E-state index contributed by atoms with van der Waals surface area (Å²) >= 11 is 2.00. The van der Waals surface area contributed by atoms with Gasteiger partial charge in [0, 0.05) is 18.3 Å². The second kappa shape index (κ2) is 6.85. The number of carboxylic acids is 1. The van der Waals surface area contributed by atoms with E-state index in [4.69, 9.17) is 5.11 Å². The van der Waals surface area contributed by atoms with Crippen LogP contribution in [-0.2, 0) is 4.79 Å². The second-order valence-electron chi connectivity index (χ2n) is 5.02. The zero-order valence-corrected chi connectivity index (χ0v) is 12.2. The minimum Gasteiger partial charge on any atom is -0.481 e. The molecule has 1 aromatic carbocycles. The van der Waals surface area contributed by atoms with Gasteiger partial charge in [-0.3, -0.25) is 4.79 Å². The lowest BCUT2D eigenvalue weighted by Gasteiger charge is -2.35. The van der Waals surface area contributed by atoms with Crippen molar-refractivity contribution in [2.75, 3.05) is 23.0 Å². The maximum Gasteiger partial charge on any atom is 0.305 e. The van der Waals surface area contributed by atoms with Crippen LogP contribution in [0.15, 0.2) is 24.3 Å². The van der Waals surface area contributed by atoms with Gasteiger partial charge in [-0.15, -0.1) is 0 Å². The summed E-state index contributed by atoms with van der Waals surface area (Å²) in [5.74, 6) is 1.64.